The number of amides is 1. The van der Waals surface area contributed by atoms with Gasteiger partial charge in [-0.05, 0) is 118 Å². The summed E-state index contributed by atoms with van der Waals surface area (Å²) in [6.07, 6.45) is 15.7. The van der Waals surface area contributed by atoms with Crippen LogP contribution in [0.3, 0.4) is 0 Å². The van der Waals surface area contributed by atoms with Crippen molar-refractivity contribution in [3.8, 4) is 0 Å². The average Bonchev–Trinajstić information content (AvgIpc) is 3.56. The van der Waals surface area contributed by atoms with Crippen LogP contribution < -0.4 is 11.1 Å². The van der Waals surface area contributed by atoms with Crippen LogP contribution in [-0.4, -0.2) is 50.2 Å². The highest BCUT2D eigenvalue weighted by Crippen LogP contribution is 2.47. The van der Waals surface area contributed by atoms with Crippen molar-refractivity contribution < 1.29 is 9.18 Å². The fourth-order valence-corrected chi connectivity index (χ4v) is 8.62. The van der Waals surface area contributed by atoms with E-state index in [1.165, 1.54) is 38.2 Å². The minimum Gasteiger partial charge on any atom is -0.382 e. The number of nitrogens with zero attached hydrogens (tertiary/aromatic N) is 4. The van der Waals surface area contributed by atoms with Crippen molar-refractivity contribution >= 4 is 23.2 Å². The highest BCUT2D eigenvalue weighted by Gasteiger charge is 2.47. The number of nitrogens with one attached hydrogen (secondary N) is 1. The lowest BCUT2D eigenvalue weighted by Gasteiger charge is -2.50. The molecule has 2 saturated carbocycles. The zero-order chi connectivity index (χ0) is 31.4. The normalized spacial score (nSPS) is 24.7. The predicted molar refractivity (Wildman–Crippen MR) is 177 cm³/mol. The van der Waals surface area contributed by atoms with E-state index < -0.39 is 5.54 Å². The van der Waals surface area contributed by atoms with E-state index in [4.69, 9.17) is 17.3 Å². The van der Waals surface area contributed by atoms with Crippen molar-refractivity contribution in [1.82, 2.24) is 19.7 Å². The van der Waals surface area contributed by atoms with Gasteiger partial charge in [-0.3, -0.25) is 9.48 Å². The van der Waals surface area contributed by atoms with Crippen LogP contribution >= 0.6 is 11.6 Å². The molecule has 1 aliphatic heterocycles. The molecule has 2 heterocycles. The van der Waals surface area contributed by atoms with Crippen LogP contribution in [-0.2, 0) is 17.8 Å². The first kappa shape index (κ1) is 32.0. The second-order valence-corrected chi connectivity index (χ2v) is 14.5. The number of hydrogen-bond acceptors (Lipinski definition) is 5. The van der Waals surface area contributed by atoms with E-state index in [2.05, 4.69) is 20.3 Å². The fraction of sp³-hybridized carbons (Fsp3) is 0.583. The van der Waals surface area contributed by atoms with Crippen molar-refractivity contribution in [2.24, 2.45) is 23.0 Å². The molecule has 3 aromatic rings. The van der Waals surface area contributed by atoms with Gasteiger partial charge in [0.2, 0.25) is 5.91 Å². The molecule has 0 bridgehead atoms. The molecular weight excluding hydrogens is 587 g/mol. The van der Waals surface area contributed by atoms with Crippen molar-refractivity contribution in [3.63, 3.8) is 0 Å². The molecule has 3 fully saturated rings. The van der Waals surface area contributed by atoms with Crippen LogP contribution in [0.25, 0.3) is 0 Å². The second-order valence-electron chi connectivity index (χ2n) is 14.1. The van der Waals surface area contributed by atoms with Crippen molar-refractivity contribution in [2.45, 2.75) is 102 Å². The van der Waals surface area contributed by atoms with Gasteiger partial charge in [0.15, 0.2) is 0 Å². The van der Waals surface area contributed by atoms with Crippen molar-refractivity contribution in [1.29, 1.82) is 0 Å². The largest absolute Gasteiger partial charge is 0.382 e. The van der Waals surface area contributed by atoms with E-state index in [-0.39, 0.29) is 29.1 Å². The van der Waals surface area contributed by atoms with E-state index in [9.17, 15) is 9.18 Å². The number of benzene rings is 2. The van der Waals surface area contributed by atoms with Gasteiger partial charge in [-0.2, -0.15) is 5.10 Å². The topological polar surface area (TPSA) is 89.1 Å². The molecule has 1 amide bonds. The third-order valence-corrected chi connectivity index (χ3v) is 11.5. The number of rotatable bonds is 9. The van der Waals surface area contributed by atoms with Gasteiger partial charge >= 0.3 is 0 Å². The Kier molecular flexibility index (Phi) is 9.81. The first-order valence-corrected chi connectivity index (χ1v) is 17.3. The lowest BCUT2D eigenvalue weighted by Crippen LogP contribution is -2.59. The highest BCUT2D eigenvalue weighted by molar-refractivity contribution is 6.30. The minimum absolute atomic E-state index is 0.138. The molecule has 1 aromatic heterocycles. The number of anilines is 1. The molecule has 2 aromatic carbocycles. The number of likely N-dealkylation sites (tertiary alicyclic amines) is 1. The van der Waals surface area contributed by atoms with Gasteiger partial charge in [-0.25, -0.2) is 9.37 Å². The molecule has 9 heteroatoms. The molecule has 1 saturated heterocycles. The van der Waals surface area contributed by atoms with Gasteiger partial charge in [-0.15, -0.1) is 0 Å². The smallest absolute Gasteiger partial charge is 0.227 e. The van der Waals surface area contributed by atoms with Gasteiger partial charge in [0.25, 0.3) is 0 Å². The summed E-state index contributed by atoms with van der Waals surface area (Å²) < 4.78 is 15.7. The van der Waals surface area contributed by atoms with Crippen molar-refractivity contribution in [2.75, 3.05) is 18.4 Å². The molecule has 0 radical (unpaired) electrons. The third kappa shape index (κ3) is 7.38. The molecule has 2 aliphatic carbocycles. The van der Waals surface area contributed by atoms with Crippen molar-refractivity contribution in [3.05, 3.63) is 77.1 Å². The summed E-state index contributed by atoms with van der Waals surface area (Å²) in [6.45, 7) is 4.31. The Hall–Kier alpha value is -2.97. The van der Waals surface area contributed by atoms with E-state index in [0.29, 0.717) is 17.4 Å². The number of piperidine rings is 1. The maximum atomic E-state index is 14.6. The van der Waals surface area contributed by atoms with Gasteiger partial charge in [0.05, 0.1) is 5.92 Å². The Bertz CT molecular complexity index is 1410. The quantitative estimate of drug-likeness (QED) is 0.260. The predicted octanol–water partition coefficient (Wildman–Crippen LogP) is 7.18. The molecule has 6 rings (SSSR count). The molecule has 242 valence electrons. The Morgan fingerprint density at radius 1 is 1.04 bits per heavy atom. The first-order valence-electron chi connectivity index (χ1n) is 16.9. The molecule has 0 unspecified atom stereocenters. The number of aryl methyl sites for hydroxylation is 1. The Morgan fingerprint density at radius 2 is 1.76 bits per heavy atom. The van der Waals surface area contributed by atoms with E-state index in [1.54, 1.807) is 12.4 Å². The van der Waals surface area contributed by atoms with Crippen LogP contribution in [0.2, 0.25) is 5.02 Å². The van der Waals surface area contributed by atoms with E-state index in [0.717, 1.165) is 75.0 Å². The Morgan fingerprint density at radius 3 is 2.40 bits per heavy atom. The van der Waals surface area contributed by atoms with Crippen LogP contribution in [0.1, 0.15) is 81.8 Å². The molecule has 0 spiro atoms. The SMILES string of the molecule is Cc1cc(F)ccc1NC1CCC(N)([C@@H](Cc2ccc(Cl)cc2)C(=O)N2CCC(Cn3cncn3)(C3CCCCC3)CC2)CC1. The molecule has 3 aliphatic rings. The summed E-state index contributed by atoms with van der Waals surface area (Å²) in [5.41, 5.74) is 9.76. The van der Waals surface area contributed by atoms with Crippen LogP contribution in [0.4, 0.5) is 10.1 Å². The molecular formula is C36H48ClFN6O. The number of nitrogens with two attached hydrogens (primary N) is 1. The van der Waals surface area contributed by atoms with Gasteiger partial charge in [-0.1, -0.05) is 43.0 Å². The molecule has 7 nitrogen and oxygen atoms in total. The van der Waals surface area contributed by atoms with Gasteiger partial charge in [0, 0.05) is 41.9 Å². The zero-order valence-corrected chi connectivity index (χ0v) is 27.3. The standard InChI is InChI=1S/C36H48ClFN6O/c1-26-21-30(38)11-12-33(26)42-31-13-15-36(39,16-14-31)32(22-27-7-9-29(37)10-8-27)34(45)43-19-17-35(18-20-43,23-44-25-40-24-41-44)28-5-3-2-4-6-28/h7-12,21,24-25,28,31-32,42H,2-6,13-20,22-23,39H2,1H3/t31?,32-,36?/m0/s1. The fourth-order valence-electron chi connectivity index (χ4n) is 8.49. The van der Waals surface area contributed by atoms with E-state index >= 15 is 0 Å². The lowest BCUT2D eigenvalue weighted by molar-refractivity contribution is -0.142. The third-order valence-electron chi connectivity index (χ3n) is 11.3. The Balaban J connectivity index is 1.17. The summed E-state index contributed by atoms with van der Waals surface area (Å²) >= 11 is 6.21. The number of carbonyl (C=O) groups is 1. The highest BCUT2D eigenvalue weighted by atomic mass is 35.5. The first-order chi connectivity index (χ1) is 21.7. The zero-order valence-electron chi connectivity index (χ0n) is 26.6. The lowest BCUT2D eigenvalue weighted by atomic mass is 9.63. The summed E-state index contributed by atoms with van der Waals surface area (Å²) in [6, 6.07) is 13.0. The van der Waals surface area contributed by atoms with Gasteiger partial charge in [0.1, 0.15) is 18.5 Å². The summed E-state index contributed by atoms with van der Waals surface area (Å²) in [7, 11) is 0. The van der Waals surface area contributed by atoms with Crippen LogP contribution in [0.5, 0.6) is 0 Å². The molecule has 3 N–H and O–H groups in total. The van der Waals surface area contributed by atoms with E-state index in [1.807, 2.05) is 48.3 Å². The number of halogens is 2. The minimum atomic E-state index is -0.606. The summed E-state index contributed by atoms with van der Waals surface area (Å²) in [5, 5.41) is 8.78. The van der Waals surface area contributed by atoms with Gasteiger partial charge < -0.3 is 16.0 Å². The molecule has 45 heavy (non-hydrogen) atoms. The maximum absolute atomic E-state index is 14.6. The maximum Gasteiger partial charge on any atom is 0.227 e. The van der Waals surface area contributed by atoms with Crippen LogP contribution in [0.15, 0.2) is 55.1 Å². The second kappa shape index (κ2) is 13.8. The number of hydrogen-bond donors (Lipinski definition) is 2. The number of aromatic nitrogens is 3. The average molecular weight is 635 g/mol. The monoisotopic (exact) mass is 634 g/mol. The molecule has 1 atom stereocenters. The van der Waals surface area contributed by atoms with Crippen LogP contribution in [0, 0.1) is 30.0 Å². The summed E-state index contributed by atoms with van der Waals surface area (Å²) in [5.74, 6) is 0.306. The Labute approximate surface area is 272 Å². The number of carbonyl (C=O) groups excluding carboxylic acids is 1. The summed E-state index contributed by atoms with van der Waals surface area (Å²) in [4.78, 5) is 20.9.